The Balaban J connectivity index is 3.32. The Labute approximate surface area is 49.8 Å². The van der Waals surface area contributed by atoms with Crippen molar-refractivity contribution in [1.82, 2.24) is 4.53 Å². The average Bonchev–Trinajstić information content (AvgIpc) is 1.67. The molecule has 8 heavy (non-hydrogen) atoms. The first-order valence-electron chi connectivity index (χ1n) is 2.22. The first-order valence-corrected chi connectivity index (χ1v) is 3.29. The molecular weight excluding hydrogens is 133 g/mol. The normalized spacial score (nSPS) is 14.5. The Morgan fingerprint density at radius 2 is 2.38 bits per heavy atom. The molecule has 0 bridgehead atoms. The molecule has 0 aromatic carbocycles. The lowest BCUT2D eigenvalue weighted by Gasteiger charge is -2.01. The minimum absolute atomic E-state index is 0.00309. The van der Waals surface area contributed by atoms with Crippen molar-refractivity contribution in [3.05, 3.63) is 0 Å². The van der Waals surface area contributed by atoms with Crippen molar-refractivity contribution in [3.63, 3.8) is 0 Å². The molecule has 0 rings (SSSR count). The maximum absolute atomic E-state index is 11.8. The van der Waals surface area contributed by atoms with Gasteiger partial charge in [0.2, 0.25) is 0 Å². The number of hydrogen-bond acceptors (Lipinski definition) is 1. The Morgan fingerprint density at radius 1 is 1.88 bits per heavy atom. The second-order valence-corrected chi connectivity index (χ2v) is 2.13. The highest BCUT2D eigenvalue weighted by molar-refractivity contribution is 7.76. The van der Waals surface area contributed by atoms with Gasteiger partial charge in [0, 0.05) is 6.54 Å². The number of hydrogen-bond donors (Lipinski definition) is 1. The molecule has 5 heteroatoms. The van der Waals surface area contributed by atoms with E-state index in [0.717, 1.165) is 0 Å². The number of halogens is 1. The zero-order chi connectivity index (χ0) is 6.57. The van der Waals surface area contributed by atoms with Crippen molar-refractivity contribution >= 4 is 11.3 Å². The second-order valence-electron chi connectivity index (χ2n) is 1.27. The summed E-state index contributed by atoms with van der Waals surface area (Å²) in [7, 11) is 0. The molecule has 50 valence electrons. The summed E-state index contributed by atoms with van der Waals surface area (Å²) in [5, 5.41) is 0. The molecule has 0 aliphatic rings. The van der Waals surface area contributed by atoms with Gasteiger partial charge in [0.05, 0.1) is 0 Å². The number of rotatable bonds is 3. The maximum Gasteiger partial charge on any atom is 0.263 e. The summed E-state index contributed by atoms with van der Waals surface area (Å²) < 4.78 is 29.4. The van der Waals surface area contributed by atoms with E-state index in [4.69, 9.17) is 4.55 Å². The molecule has 0 fully saturated rings. The van der Waals surface area contributed by atoms with E-state index >= 15 is 0 Å². The molecule has 3 nitrogen and oxygen atoms in total. The molecule has 0 radical (unpaired) electrons. The van der Waals surface area contributed by atoms with Crippen LogP contribution in [0.25, 0.3) is 0 Å². The molecule has 0 amide bonds. The van der Waals surface area contributed by atoms with Crippen molar-refractivity contribution in [2.75, 3.05) is 6.54 Å². The van der Waals surface area contributed by atoms with Crippen molar-refractivity contribution in [2.45, 2.75) is 13.3 Å². The summed E-state index contributed by atoms with van der Waals surface area (Å²) >= 11 is -2.44. The molecule has 0 saturated heterocycles. The van der Waals surface area contributed by atoms with Crippen LogP contribution in [-0.2, 0) is 11.3 Å². The summed E-state index contributed by atoms with van der Waals surface area (Å²) in [6.45, 7) is 1.72. The Hall–Kier alpha value is -0.0000000000000000486. The lowest BCUT2D eigenvalue weighted by atomic mass is 10.5. The molecule has 0 aliphatic carbocycles. The fraction of sp³-hybridized carbons (Fsp3) is 1.00. The largest absolute Gasteiger partial charge is 0.292 e. The fourth-order valence-corrected chi connectivity index (χ4v) is 0.593. The van der Waals surface area contributed by atoms with Crippen LogP contribution in [-0.4, -0.2) is 19.8 Å². The molecule has 1 unspecified atom stereocenters. The quantitative estimate of drug-likeness (QED) is 0.464. The molecule has 1 atom stereocenters. The van der Waals surface area contributed by atoms with Crippen molar-refractivity contribution in [2.24, 2.45) is 0 Å². The molecular formula is C3H8FNO2S. The molecule has 0 aromatic rings. The van der Waals surface area contributed by atoms with Crippen LogP contribution in [0, 0.1) is 0 Å². The fourth-order valence-electron chi connectivity index (χ4n) is 0.254. The number of nitrogens with zero attached hydrogens (tertiary/aromatic N) is 1. The van der Waals surface area contributed by atoms with Crippen LogP contribution in [0.15, 0.2) is 0 Å². The van der Waals surface area contributed by atoms with Crippen molar-refractivity contribution in [3.8, 4) is 0 Å². The second kappa shape index (κ2) is 3.94. The van der Waals surface area contributed by atoms with Crippen LogP contribution in [0.1, 0.15) is 13.3 Å². The van der Waals surface area contributed by atoms with Crippen molar-refractivity contribution in [1.29, 1.82) is 0 Å². The third-order valence-corrected chi connectivity index (χ3v) is 1.09. The van der Waals surface area contributed by atoms with Crippen LogP contribution in [0.4, 0.5) is 4.48 Å². The predicted molar refractivity (Wildman–Crippen MR) is 28.9 cm³/mol. The van der Waals surface area contributed by atoms with Gasteiger partial charge in [-0.25, -0.2) is 4.21 Å². The van der Waals surface area contributed by atoms with E-state index in [-0.39, 0.29) is 11.1 Å². The standard InChI is InChI=1S/C3H8FNO2S/c1-2-3-5(4)8(6)7/h2-3H2,1H3,(H,6,7). The SMILES string of the molecule is CCCN(F)S(=O)O. The minimum Gasteiger partial charge on any atom is -0.292 e. The van der Waals surface area contributed by atoms with Gasteiger partial charge in [-0.15, -0.1) is 4.48 Å². The molecule has 1 N–H and O–H groups in total. The van der Waals surface area contributed by atoms with E-state index in [0.29, 0.717) is 6.42 Å². The summed E-state index contributed by atoms with van der Waals surface area (Å²) in [6, 6.07) is 0. The minimum atomic E-state index is -2.44. The molecule has 0 aromatic heterocycles. The first kappa shape index (κ1) is 8.00. The lowest BCUT2D eigenvalue weighted by Crippen LogP contribution is -2.16. The molecule has 0 heterocycles. The third-order valence-electron chi connectivity index (χ3n) is 0.569. The maximum atomic E-state index is 11.8. The first-order chi connectivity index (χ1) is 3.68. The van der Waals surface area contributed by atoms with E-state index in [9.17, 15) is 8.69 Å². The van der Waals surface area contributed by atoms with Gasteiger partial charge in [-0.3, -0.25) is 4.55 Å². The van der Waals surface area contributed by atoms with E-state index in [2.05, 4.69) is 0 Å². The van der Waals surface area contributed by atoms with Crippen LogP contribution >= 0.6 is 0 Å². The Kier molecular flexibility index (Phi) is 3.94. The van der Waals surface area contributed by atoms with Crippen LogP contribution in [0.3, 0.4) is 0 Å². The Morgan fingerprint density at radius 3 is 2.50 bits per heavy atom. The van der Waals surface area contributed by atoms with Gasteiger partial charge in [-0.2, -0.15) is 0 Å². The predicted octanol–water partition coefficient (Wildman–Crippen LogP) is 0.720. The van der Waals surface area contributed by atoms with Crippen LogP contribution in [0.2, 0.25) is 0 Å². The summed E-state index contributed by atoms with van der Waals surface area (Å²) in [5.41, 5.74) is 0. The molecule has 0 spiro atoms. The highest BCUT2D eigenvalue weighted by Crippen LogP contribution is 1.92. The summed E-state index contributed by atoms with van der Waals surface area (Å²) in [6.07, 6.45) is 0.531. The van der Waals surface area contributed by atoms with Gasteiger partial charge in [0.1, 0.15) is 0 Å². The zero-order valence-electron chi connectivity index (χ0n) is 4.50. The third kappa shape index (κ3) is 3.06. The van der Waals surface area contributed by atoms with Crippen LogP contribution in [0.5, 0.6) is 0 Å². The van der Waals surface area contributed by atoms with E-state index in [1.165, 1.54) is 0 Å². The van der Waals surface area contributed by atoms with Crippen LogP contribution < -0.4 is 0 Å². The highest BCUT2D eigenvalue weighted by Gasteiger charge is 2.04. The monoisotopic (exact) mass is 141 g/mol. The summed E-state index contributed by atoms with van der Waals surface area (Å²) in [5.74, 6) is 0. The van der Waals surface area contributed by atoms with Gasteiger partial charge in [0.15, 0.2) is 0 Å². The van der Waals surface area contributed by atoms with Gasteiger partial charge in [0.25, 0.3) is 11.3 Å². The average molecular weight is 141 g/mol. The molecule has 0 saturated carbocycles. The highest BCUT2D eigenvalue weighted by atomic mass is 32.2. The van der Waals surface area contributed by atoms with Gasteiger partial charge < -0.3 is 0 Å². The van der Waals surface area contributed by atoms with Crippen molar-refractivity contribution < 1.29 is 13.2 Å². The Bertz CT molecular complexity index is 89.4. The van der Waals surface area contributed by atoms with E-state index in [1.807, 2.05) is 0 Å². The summed E-state index contributed by atoms with van der Waals surface area (Å²) in [4.78, 5) is 0. The topological polar surface area (TPSA) is 40.5 Å². The van der Waals surface area contributed by atoms with E-state index < -0.39 is 11.3 Å². The van der Waals surface area contributed by atoms with Gasteiger partial charge >= 0.3 is 0 Å². The zero-order valence-corrected chi connectivity index (χ0v) is 5.32. The van der Waals surface area contributed by atoms with Gasteiger partial charge in [-0.1, -0.05) is 6.92 Å². The van der Waals surface area contributed by atoms with E-state index in [1.54, 1.807) is 6.92 Å². The smallest absolute Gasteiger partial charge is 0.263 e. The lowest BCUT2D eigenvalue weighted by molar-refractivity contribution is 0.136. The van der Waals surface area contributed by atoms with Gasteiger partial charge in [-0.05, 0) is 10.9 Å². The molecule has 0 aliphatic heterocycles.